The maximum absolute atomic E-state index is 5.81. The molecule has 1 nitrogen and oxygen atoms in total. The van der Waals surface area contributed by atoms with Crippen molar-refractivity contribution in [3.63, 3.8) is 0 Å². The topological polar surface area (TPSA) is 26.0 Å². The maximum atomic E-state index is 5.81. The third-order valence-electron chi connectivity index (χ3n) is 1.89. The second-order valence-electron chi connectivity index (χ2n) is 2.68. The third kappa shape index (κ3) is 3.53. The van der Waals surface area contributed by atoms with E-state index in [0.717, 1.165) is 12.8 Å². The van der Waals surface area contributed by atoms with E-state index in [2.05, 4.69) is 25.7 Å². The van der Waals surface area contributed by atoms with Crippen molar-refractivity contribution in [3.05, 3.63) is 0 Å². The Labute approximate surface area is 64.0 Å². The lowest BCUT2D eigenvalue weighted by molar-refractivity contribution is 0.449. The van der Waals surface area contributed by atoms with Crippen molar-refractivity contribution >= 4 is 0 Å². The Balaban J connectivity index is 3.57. The first-order valence-corrected chi connectivity index (χ1v) is 3.87. The van der Waals surface area contributed by atoms with E-state index in [1.807, 2.05) is 6.92 Å². The third-order valence-corrected chi connectivity index (χ3v) is 1.89. The molecule has 0 amide bonds. The summed E-state index contributed by atoms with van der Waals surface area (Å²) in [6.07, 6.45) is 1.98. The van der Waals surface area contributed by atoms with Gasteiger partial charge in [-0.05, 0) is 12.8 Å². The van der Waals surface area contributed by atoms with Gasteiger partial charge in [0.2, 0.25) is 0 Å². The van der Waals surface area contributed by atoms with Crippen molar-refractivity contribution in [2.75, 3.05) is 0 Å². The Hall–Kier alpha value is -0.480. The minimum Gasteiger partial charge on any atom is -0.327 e. The predicted molar refractivity (Wildman–Crippen MR) is 45.5 cm³/mol. The van der Waals surface area contributed by atoms with E-state index in [9.17, 15) is 0 Å². The molecule has 0 saturated heterocycles. The van der Waals surface area contributed by atoms with E-state index in [-0.39, 0.29) is 6.04 Å². The molecule has 0 heterocycles. The molecule has 0 aromatic heterocycles. The summed E-state index contributed by atoms with van der Waals surface area (Å²) >= 11 is 0. The van der Waals surface area contributed by atoms with Crippen LogP contribution in [0.5, 0.6) is 0 Å². The van der Waals surface area contributed by atoms with Crippen molar-refractivity contribution < 1.29 is 0 Å². The molecule has 0 rings (SSSR count). The Morgan fingerprint density at radius 3 is 2.50 bits per heavy atom. The van der Waals surface area contributed by atoms with Gasteiger partial charge in [-0.15, -0.1) is 11.8 Å². The number of hydrogen-bond acceptors (Lipinski definition) is 1. The molecule has 0 aromatic carbocycles. The Kier molecular flexibility index (Phi) is 5.06. The monoisotopic (exact) mass is 139 g/mol. The fourth-order valence-corrected chi connectivity index (χ4v) is 0.724. The van der Waals surface area contributed by atoms with E-state index >= 15 is 0 Å². The molecule has 2 N–H and O–H groups in total. The van der Waals surface area contributed by atoms with Crippen LogP contribution in [0.4, 0.5) is 0 Å². The average Bonchev–Trinajstić information content (AvgIpc) is 1.98. The van der Waals surface area contributed by atoms with Gasteiger partial charge in [-0.25, -0.2) is 0 Å². The number of nitrogens with two attached hydrogens (primary N) is 1. The van der Waals surface area contributed by atoms with Crippen LogP contribution in [0, 0.1) is 17.8 Å². The lowest BCUT2D eigenvalue weighted by Crippen LogP contribution is -2.26. The standard InChI is InChI=1S/C9H17N/c1-4-6-7-9(10)8(3)5-2/h8-9H,5,7,10H2,1-3H3. The SMILES string of the molecule is CC#CCC(N)C(C)CC. The molecule has 2 atom stereocenters. The molecule has 0 radical (unpaired) electrons. The molecule has 1 heteroatoms. The summed E-state index contributed by atoms with van der Waals surface area (Å²) in [5.74, 6) is 6.43. The first kappa shape index (κ1) is 9.52. The zero-order chi connectivity index (χ0) is 7.98. The van der Waals surface area contributed by atoms with Crippen LogP contribution in [-0.2, 0) is 0 Å². The maximum Gasteiger partial charge on any atom is 0.0243 e. The smallest absolute Gasteiger partial charge is 0.0243 e. The zero-order valence-electron chi connectivity index (χ0n) is 7.15. The molecule has 58 valence electrons. The highest BCUT2D eigenvalue weighted by molar-refractivity contribution is 4.98. The van der Waals surface area contributed by atoms with Gasteiger partial charge in [0, 0.05) is 12.5 Å². The zero-order valence-corrected chi connectivity index (χ0v) is 7.15. The normalized spacial score (nSPS) is 15.2. The minimum atomic E-state index is 0.262. The first-order chi connectivity index (χ1) is 4.72. The highest BCUT2D eigenvalue weighted by Crippen LogP contribution is 2.07. The van der Waals surface area contributed by atoms with Crippen LogP contribution in [0.25, 0.3) is 0 Å². The lowest BCUT2D eigenvalue weighted by Gasteiger charge is -2.14. The second kappa shape index (κ2) is 5.32. The van der Waals surface area contributed by atoms with Crippen LogP contribution < -0.4 is 5.73 Å². The van der Waals surface area contributed by atoms with Gasteiger partial charge in [0.1, 0.15) is 0 Å². The molecule has 0 spiro atoms. The van der Waals surface area contributed by atoms with Gasteiger partial charge in [-0.3, -0.25) is 0 Å². The van der Waals surface area contributed by atoms with Gasteiger partial charge >= 0.3 is 0 Å². The van der Waals surface area contributed by atoms with Crippen LogP contribution in [0.3, 0.4) is 0 Å². The van der Waals surface area contributed by atoms with E-state index in [4.69, 9.17) is 5.73 Å². The van der Waals surface area contributed by atoms with Crippen molar-refractivity contribution in [2.45, 2.75) is 39.7 Å². The number of rotatable bonds is 3. The van der Waals surface area contributed by atoms with Crippen molar-refractivity contribution in [2.24, 2.45) is 11.7 Å². The van der Waals surface area contributed by atoms with Crippen molar-refractivity contribution in [1.29, 1.82) is 0 Å². The van der Waals surface area contributed by atoms with Crippen molar-refractivity contribution in [1.82, 2.24) is 0 Å². The summed E-state index contributed by atoms with van der Waals surface area (Å²) in [5, 5.41) is 0. The van der Waals surface area contributed by atoms with Crippen LogP contribution in [0.15, 0.2) is 0 Å². The molecule has 0 aliphatic carbocycles. The highest BCUT2D eigenvalue weighted by atomic mass is 14.6. The highest BCUT2D eigenvalue weighted by Gasteiger charge is 2.07. The molecule has 0 aromatic rings. The van der Waals surface area contributed by atoms with E-state index in [1.165, 1.54) is 0 Å². The molecule has 2 unspecified atom stereocenters. The molecule has 0 aliphatic rings. The van der Waals surface area contributed by atoms with E-state index < -0.39 is 0 Å². The molecule has 0 fully saturated rings. The van der Waals surface area contributed by atoms with Gasteiger partial charge in [0.25, 0.3) is 0 Å². The van der Waals surface area contributed by atoms with Gasteiger partial charge in [0.05, 0.1) is 0 Å². The summed E-state index contributed by atoms with van der Waals surface area (Å²) in [5.41, 5.74) is 5.81. The van der Waals surface area contributed by atoms with E-state index in [1.54, 1.807) is 0 Å². The molecule has 0 aliphatic heterocycles. The molecule has 0 bridgehead atoms. The van der Waals surface area contributed by atoms with Crippen LogP contribution in [-0.4, -0.2) is 6.04 Å². The molecule has 10 heavy (non-hydrogen) atoms. The Morgan fingerprint density at radius 2 is 2.10 bits per heavy atom. The summed E-state index contributed by atoms with van der Waals surface area (Å²) in [6.45, 7) is 6.18. The van der Waals surface area contributed by atoms with E-state index in [0.29, 0.717) is 5.92 Å². The quantitative estimate of drug-likeness (QED) is 0.592. The summed E-state index contributed by atoms with van der Waals surface area (Å²) in [6, 6.07) is 0.262. The largest absolute Gasteiger partial charge is 0.327 e. The van der Waals surface area contributed by atoms with Gasteiger partial charge < -0.3 is 5.73 Å². The summed E-state index contributed by atoms with van der Waals surface area (Å²) in [7, 11) is 0. The van der Waals surface area contributed by atoms with Crippen molar-refractivity contribution in [3.8, 4) is 11.8 Å². The molecular formula is C9H17N. The fourth-order valence-electron chi connectivity index (χ4n) is 0.724. The van der Waals surface area contributed by atoms with Crippen LogP contribution in [0.1, 0.15) is 33.6 Å². The molecule has 0 saturated carbocycles. The Bertz CT molecular complexity index is 129. The minimum absolute atomic E-state index is 0.262. The Morgan fingerprint density at radius 1 is 1.50 bits per heavy atom. The molecular weight excluding hydrogens is 122 g/mol. The van der Waals surface area contributed by atoms with Crippen LogP contribution in [0.2, 0.25) is 0 Å². The van der Waals surface area contributed by atoms with Crippen LogP contribution >= 0.6 is 0 Å². The summed E-state index contributed by atoms with van der Waals surface area (Å²) in [4.78, 5) is 0. The first-order valence-electron chi connectivity index (χ1n) is 3.87. The van der Waals surface area contributed by atoms with Gasteiger partial charge in [-0.1, -0.05) is 20.3 Å². The number of hydrogen-bond donors (Lipinski definition) is 1. The fraction of sp³-hybridized carbons (Fsp3) is 0.778. The average molecular weight is 139 g/mol. The van der Waals surface area contributed by atoms with Gasteiger partial charge in [0.15, 0.2) is 0 Å². The second-order valence-corrected chi connectivity index (χ2v) is 2.68. The lowest BCUT2D eigenvalue weighted by atomic mass is 9.98. The summed E-state index contributed by atoms with van der Waals surface area (Å²) < 4.78 is 0. The van der Waals surface area contributed by atoms with Gasteiger partial charge in [-0.2, -0.15) is 0 Å². The predicted octanol–water partition coefficient (Wildman–Crippen LogP) is 1.77.